The van der Waals surface area contributed by atoms with Crippen LogP contribution in [0.25, 0.3) is 32.3 Å². The zero-order valence-corrected chi connectivity index (χ0v) is 24.8. The minimum atomic E-state index is -0.889. The van der Waals surface area contributed by atoms with Crippen LogP contribution in [0.2, 0.25) is 0 Å². The topological polar surface area (TPSA) is 37.3 Å². The van der Waals surface area contributed by atoms with Crippen LogP contribution in [0.15, 0.2) is 133 Å². The second-order valence-corrected chi connectivity index (χ2v) is 12.7. The zero-order valence-electron chi connectivity index (χ0n) is 24.8. The molecule has 0 heterocycles. The Bertz CT molecular complexity index is 2020. The van der Waals surface area contributed by atoms with Crippen molar-refractivity contribution in [1.29, 1.82) is 0 Å². The van der Waals surface area contributed by atoms with Gasteiger partial charge in [-0.15, -0.1) is 0 Å². The van der Waals surface area contributed by atoms with Gasteiger partial charge in [0.25, 0.3) is 0 Å². The monoisotopic (exact) mass is 560 g/mol. The zero-order chi connectivity index (χ0) is 29.6. The maximum atomic E-state index is 10.9. The Hall–Kier alpha value is -4.69. The number of fused-ring (bicyclic) bond motifs is 7. The largest absolute Gasteiger partial charge is 0.478 e. The van der Waals surface area contributed by atoms with Crippen LogP contribution < -0.4 is 0 Å². The SMILES string of the molecule is CC1(C)C(c2ccccc2)CC=C2CCc3c(ccc4ccccc34)C21.O=C(O)c1ccc2cc3ccccc3cc2c1. The fraction of sp³-hybridized carbons (Fsp3) is 0.195. The Morgan fingerprint density at radius 1 is 0.674 bits per heavy atom. The molecule has 0 aliphatic heterocycles. The average Bonchev–Trinajstić information content (AvgIpc) is 3.03. The Morgan fingerprint density at radius 3 is 2.05 bits per heavy atom. The molecule has 2 aliphatic carbocycles. The van der Waals surface area contributed by atoms with E-state index in [9.17, 15) is 4.79 Å². The summed E-state index contributed by atoms with van der Waals surface area (Å²) >= 11 is 0. The van der Waals surface area contributed by atoms with Crippen molar-refractivity contribution in [2.24, 2.45) is 5.41 Å². The van der Waals surface area contributed by atoms with Crippen molar-refractivity contribution in [3.63, 3.8) is 0 Å². The smallest absolute Gasteiger partial charge is 0.335 e. The maximum absolute atomic E-state index is 10.9. The van der Waals surface area contributed by atoms with E-state index in [0.29, 0.717) is 17.4 Å². The first-order chi connectivity index (χ1) is 20.9. The van der Waals surface area contributed by atoms with Crippen LogP contribution in [0.5, 0.6) is 0 Å². The van der Waals surface area contributed by atoms with Gasteiger partial charge in [-0.3, -0.25) is 0 Å². The van der Waals surface area contributed by atoms with Crippen LogP contribution in [0.4, 0.5) is 0 Å². The van der Waals surface area contributed by atoms with E-state index in [4.69, 9.17) is 5.11 Å². The number of rotatable bonds is 2. The van der Waals surface area contributed by atoms with E-state index in [0.717, 1.165) is 16.2 Å². The quantitative estimate of drug-likeness (QED) is 0.169. The predicted octanol–water partition coefficient (Wildman–Crippen LogP) is 10.7. The lowest BCUT2D eigenvalue weighted by Gasteiger charge is -2.48. The van der Waals surface area contributed by atoms with E-state index in [-0.39, 0.29) is 5.41 Å². The Morgan fingerprint density at radius 2 is 1.30 bits per heavy atom. The summed E-state index contributed by atoms with van der Waals surface area (Å²) in [6.45, 7) is 4.99. The minimum Gasteiger partial charge on any atom is -0.478 e. The van der Waals surface area contributed by atoms with E-state index in [1.165, 1.54) is 41.0 Å². The highest BCUT2D eigenvalue weighted by molar-refractivity contribution is 6.01. The van der Waals surface area contributed by atoms with Crippen molar-refractivity contribution in [2.75, 3.05) is 0 Å². The number of hydrogen-bond donors (Lipinski definition) is 1. The van der Waals surface area contributed by atoms with Crippen LogP contribution in [-0.4, -0.2) is 11.1 Å². The first-order valence-corrected chi connectivity index (χ1v) is 15.3. The number of benzene rings is 6. The molecule has 0 saturated heterocycles. The highest BCUT2D eigenvalue weighted by Gasteiger charge is 2.45. The lowest BCUT2D eigenvalue weighted by atomic mass is 9.55. The Kier molecular flexibility index (Phi) is 6.86. The van der Waals surface area contributed by atoms with Crippen molar-refractivity contribution in [1.82, 2.24) is 0 Å². The number of carboxylic acids is 1. The number of allylic oxidation sites excluding steroid dienone is 2. The van der Waals surface area contributed by atoms with E-state index < -0.39 is 5.97 Å². The van der Waals surface area contributed by atoms with Crippen molar-refractivity contribution >= 4 is 38.3 Å². The molecule has 6 aromatic carbocycles. The number of aromatic carboxylic acids is 1. The molecule has 0 aromatic heterocycles. The van der Waals surface area contributed by atoms with Gasteiger partial charge in [0.15, 0.2) is 0 Å². The molecule has 2 aliphatic rings. The summed E-state index contributed by atoms with van der Waals surface area (Å²) in [5, 5.41) is 16.1. The number of aryl methyl sites for hydroxylation is 1. The van der Waals surface area contributed by atoms with Crippen LogP contribution in [0, 0.1) is 5.41 Å². The summed E-state index contributed by atoms with van der Waals surface area (Å²) in [6, 6.07) is 42.2. The van der Waals surface area contributed by atoms with Gasteiger partial charge in [0.05, 0.1) is 5.56 Å². The molecule has 2 unspecified atom stereocenters. The molecular weight excluding hydrogens is 524 g/mol. The van der Waals surface area contributed by atoms with E-state index in [1.807, 2.05) is 30.3 Å². The van der Waals surface area contributed by atoms with Crippen molar-refractivity contribution in [3.8, 4) is 0 Å². The molecule has 0 fully saturated rings. The molecule has 0 bridgehead atoms. The molecule has 2 atom stereocenters. The van der Waals surface area contributed by atoms with Gasteiger partial charge in [0, 0.05) is 5.92 Å². The fourth-order valence-electron chi connectivity index (χ4n) is 7.71. The van der Waals surface area contributed by atoms with Gasteiger partial charge in [-0.05, 0) is 104 Å². The third kappa shape index (κ3) is 4.91. The summed E-state index contributed by atoms with van der Waals surface area (Å²) < 4.78 is 0. The van der Waals surface area contributed by atoms with Gasteiger partial charge in [0.1, 0.15) is 0 Å². The van der Waals surface area contributed by atoms with Gasteiger partial charge in [-0.1, -0.05) is 123 Å². The molecular formula is C41H36O2. The Balaban J connectivity index is 0.000000153. The summed E-state index contributed by atoms with van der Waals surface area (Å²) in [5.41, 5.74) is 6.88. The number of carboxylic acid groups (broad SMARTS) is 1. The average molecular weight is 561 g/mol. The molecule has 212 valence electrons. The van der Waals surface area contributed by atoms with E-state index in [2.05, 4.69) is 98.8 Å². The van der Waals surface area contributed by atoms with Crippen molar-refractivity contribution in [2.45, 2.75) is 44.9 Å². The summed E-state index contributed by atoms with van der Waals surface area (Å²) in [6.07, 6.45) is 6.14. The first kappa shape index (κ1) is 27.2. The van der Waals surface area contributed by atoms with Crippen molar-refractivity contribution < 1.29 is 9.90 Å². The molecule has 2 nitrogen and oxygen atoms in total. The highest BCUT2D eigenvalue weighted by Crippen LogP contribution is 2.58. The van der Waals surface area contributed by atoms with E-state index >= 15 is 0 Å². The molecule has 43 heavy (non-hydrogen) atoms. The standard InChI is InChI=1S/C26H26.C15H10O2/c1-26(2)24(19-9-4-3-5-10-19)17-14-20-13-15-22-21-11-7-6-8-18(21)12-16-23(22)25(20)26;16-15(17)13-6-5-12-7-10-3-1-2-4-11(10)8-14(12)9-13/h3-12,14,16,24-25H,13,15,17H2,1-2H3;1-9H,(H,16,17). The van der Waals surface area contributed by atoms with Gasteiger partial charge >= 0.3 is 5.97 Å². The van der Waals surface area contributed by atoms with E-state index in [1.54, 1.807) is 28.8 Å². The second kappa shape index (κ2) is 10.9. The molecule has 0 amide bonds. The van der Waals surface area contributed by atoms with Gasteiger partial charge in [-0.2, -0.15) is 0 Å². The van der Waals surface area contributed by atoms with Crippen molar-refractivity contribution in [3.05, 3.63) is 155 Å². The van der Waals surface area contributed by atoms with Gasteiger partial charge < -0.3 is 5.11 Å². The molecule has 0 spiro atoms. The lowest BCUT2D eigenvalue weighted by molar-refractivity contribution is 0.0697. The fourth-order valence-corrected chi connectivity index (χ4v) is 7.71. The third-order valence-electron chi connectivity index (χ3n) is 9.83. The highest BCUT2D eigenvalue weighted by atomic mass is 16.4. The molecule has 0 saturated carbocycles. The van der Waals surface area contributed by atoms with Crippen LogP contribution in [0.3, 0.4) is 0 Å². The second-order valence-electron chi connectivity index (χ2n) is 12.7. The molecule has 0 radical (unpaired) electrons. The van der Waals surface area contributed by atoms with Crippen LogP contribution in [0.1, 0.15) is 65.6 Å². The Labute approximate surface area is 253 Å². The first-order valence-electron chi connectivity index (χ1n) is 15.3. The predicted molar refractivity (Wildman–Crippen MR) is 179 cm³/mol. The van der Waals surface area contributed by atoms with Crippen LogP contribution >= 0.6 is 0 Å². The van der Waals surface area contributed by atoms with Gasteiger partial charge in [-0.25, -0.2) is 4.79 Å². The maximum Gasteiger partial charge on any atom is 0.335 e. The molecule has 2 heteroatoms. The summed E-state index contributed by atoms with van der Waals surface area (Å²) in [4.78, 5) is 10.9. The normalized spacial score (nSPS) is 18.7. The number of carbonyl (C=O) groups is 1. The minimum absolute atomic E-state index is 0.225. The lowest BCUT2D eigenvalue weighted by Crippen LogP contribution is -2.36. The van der Waals surface area contributed by atoms with Gasteiger partial charge in [0.2, 0.25) is 0 Å². The molecule has 6 aromatic rings. The summed E-state index contributed by atoms with van der Waals surface area (Å²) in [7, 11) is 0. The third-order valence-corrected chi connectivity index (χ3v) is 9.83. The number of hydrogen-bond acceptors (Lipinski definition) is 1. The van der Waals surface area contributed by atoms with Crippen LogP contribution in [-0.2, 0) is 6.42 Å². The molecule has 8 rings (SSSR count). The molecule has 1 N–H and O–H groups in total. The summed E-state index contributed by atoms with van der Waals surface area (Å²) in [5.74, 6) is 0.227.